The summed E-state index contributed by atoms with van der Waals surface area (Å²) in [5.74, 6) is 0.392. The highest BCUT2D eigenvalue weighted by molar-refractivity contribution is 9.10. The van der Waals surface area contributed by atoms with E-state index in [1.165, 1.54) is 17.1 Å². The van der Waals surface area contributed by atoms with Crippen LogP contribution in [0.4, 0.5) is 5.69 Å². The van der Waals surface area contributed by atoms with Crippen LogP contribution in [0.5, 0.6) is 0 Å². The number of nitrogen functional groups attached to an aromatic ring is 1. The molecule has 0 amide bonds. The average molecular weight is 317 g/mol. The van der Waals surface area contributed by atoms with Crippen LogP contribution >= 0.6 is 15.9 Å². The van der Waals surface area contributed by atoms with Gasteiger partial charge in [0.05, 0.1) is 18.1 Å². The minimum absolute atomic E-state index is 0.126. The van der Waals surface area contributed by atoms with Crippen LogP contribution in [0.3, 0.4) is 0 Å². The third kappa shape index (κ3) is 2.47. The molecule has 0 aliphatic heterocycles. The van der Waals surface area contributed by atoms with Crippen molar-refractivity contribution < 1.29 is 8.42 Å². The second kappa shape index (κ2) is 4.11. The molecule has 0 spiro atoms. The first-order valence-electron chi connectivity index (χ1n) is 4.54. The Hall–Kier alpha value is -1.41. The van der Waals surface area contributed by atoms with E-state index in [1.807, 2.05) is 0 Å². The number of hydrogen-bond acceptors (Lipinski definition) is 5. The fourth-order valence-corrected chi connectivity index (χ4v) is 2.13. The Labute approximate surface area is 107 Å². The Balaban J connectivity index is 2.51. The van der Waals surface area contributed by atoms with Crippen LogP contribution in [-0.2, 0) is 9.84 Å². The quantitative estimate of drug-likeness (QED) is 0.893. The van der Waals surface area contributed by atoms with E-state index in [1.54, 1.807) is 12.3 Å². The van der Waals surface area contributed by atoms with E-state index in [0.717, 1.165) is 10.7 Å². The molecule has 17 heavy (non-hydrogen) atoms. The number of rotatable bonds is 2. The lowest BCUT2D eigenvalue weighted by atomic mass is 10.4. The molecule has 2 heterocycles. The van der Waals surface area contributed by atoms with Gasteiger partial charge in [0.25, 0.3) is 0 Å². The SMILES string of the molecule is CS(=O)(=O)c1cnn(-c2ncc(Br)cc2N)c1. The molecule has 0 aromatic carbocycles. The third-order valence-electron chi connectivity index (χ3n) is 2.07. The van der Waals surface area contributed by atoms with Gasteiger partial charge in [0.2, 0.25) is 0 Å². The van der Waals surface area contributed by atoms with Crippen molar-refractivity contribution in [2.45, 2.75) is 4.90 Å². The molecule has 0 bridgehead atoms. The van der Waals surface area contributed by atoms with Gasteiger partial charge < -0.3 is 5.73 Å². The average Bonchev–Trinajstić information content (AvgIpc) is 2.65. The molecular formula is C9H9BrN4O2S. The monoisotopic (exact) mass is 316 g/mol. The Bertz CT molecular complexity index is 665. The number of anilines is 1. The summed E-state index contributed by atoms with van der Waals surface area (Å²) in [6, 6.07) is 1.67. The van der Waals surface area contributed by atoms with Gasteiger partial charge in [0.15, 0.2) is 15.7 Å². The van der Waals surface area contributed by atoms with Crippen LogP contribution in [-0.4, -0.2) is 29.4 Å². The van der Waals surface area contributed by atoms with E-state index in [4.69, 9.17) is 5.73 Å². The standard InChI is InChI=1S/C9H9BrN4O2S/c1-17(15,16)7-4-13-14(5-7)9-8(11)2-6(10)3-12-9/h2-5H,11H2,1H3. The second-order valence-electron chi connectivity index (χ2n) is 3.46. The van der Waals surface area contributed by atoms with E-state index in [9.17, 15) is 8.42 Å². The van der Waals surface area contributed by atoms with E-state index in [2.05, 4.69) is 26.0 Å². The van der Waals surface area contributed by atoms with Crippen LogP contribution in [0, 0.1) is 0 Å². The lowest BCUT2D eigenvalue weighted by molar-refractivity contribution is 0.602. The molecule has 0 saturated heterocycles. The summed E-state index contributed by atoms with van der Waals surface area (Å²) in [5.41, 5.74) is 6.17. The summed E-state index contributed by atoms with van der Waals surface area (Å²) in [5, 5.41) is 3.92. The fraction of sp³-hybridized carbons (Fsp3) is 0.111. The lowest BCUT2D eigenvalue weighted by Crippen LogP contribution is -2.03. The molecule has 2 aromatic heterocycles. The van der Waals surface area contributed by atoms with Crippen molar-refractivity contribution in [3.05, 3.63) is 29.1 Å². The Morgan fingerprint density at radius 2 is 2.12 bits per heavy atom. The number of aromatic nitrogens is 3. The molecule has 2 rings (SSSR count). The smallest absolute Gasteiger partial charge is 0.178 e. The van der Waals surface area contributed by atoms with Gasteiger partial charge in [-0.05, 0) is 22.0 Å². The Morgan fingerprint density at radius 3 is 2.65 bits per heavy atom. The summed E-state index contributed by atoms with van der Waals surface area (Å²) in [4.78, 5) is 4.20. The normalized spacial score (nSPS) is 11.6. The number of hydrogen-bond donors (Lipinski definition) is 1. The van der Waals surface area contributed by atoms with E-state index in [-0.39, 0.29) is 4.90 Å². The van der Waals surface area contributed by atoms with Crippen LogP contribution in [0.2, 0.25) is 0 Å². The first-order valence-corrected chi connectivity index (χ1v) is 7.22. The minimum atomic E-state index is -3.27. The van der Waals surface area contributed by atoms with Crippen molar-refractivity contribution in [1.29, 1.82) is 0 Å². The first kappa shape index (κ1) is 12.1. The highest BCUT2D eigenvalue weighted by Crippen LogP contribution is 2.19. The molecular weight excluding hydrogens is 308 g/mol. The van der Waals surface area contributed by atoms with Gasteiger partial charge in [-0.3, -0.25) is 0 Å². The van der Waals surface area contributed by atoms with Crippen molar-refractivity contribution in [1.82, 2.24) is 14.8 Å². The van der Waals surface area contributed by atoms with Crippen molar-refractivity contribution in [3.8, 4) is 5.82 Å². The summed E-state index contributed by atoms with van der Waals surface area (Å²) in [7, 11) is -3.27. The fourth-order valence-electron chi connectivity index (χ4n) is 1.25. The van der Waals surface area contributed by atoms with Gasteiger partial charge in [-0.1, -0.05) is 0 Å². The molecule has 0 radical (unpaired) electrons. The van der Waals surface area contributed by atoms with Crippen LogP contribution < -0.4 is 5.73 Å². The molecule has 8 heteroatoms. The topological polar surface area (TPSA) is 90.9 Å². The molecule has 0 fully saturated rings. The van der Waals surface area contributed by atoms with E-state index in [0.29, 0.717) is 11.5 Å². The minimum Gasteiger partial charge on any atom is -0.396 e. The molecule has 0 atom stereocenters. The molecule has 90 valence electrons. The number of pyridine rings is 1. The summed E-state index contributed by atoms with van der Waals surface area (Å²) >= 11 is 3.24. The lowest BCUT2D eigenvalue weighted by Gasteiger charge is -2.03. The largest absolute Gasteiger partial charge is 0.396 e. The van der Waals surface area contributed by atoms with Crippen molar-refractivity contribution in [2.24, 2.45) is 0 Å². The maximum Gasteiger partial charge on any atom is 0.178 e. The van der Waals surface area contributed by atoms with Crippen LogP contribution in [0.1, 0.15) is 0 Å². The molecule has 6 nitrogen and oxygen atoms in total. The van der Waals surface area contributed by atoms with Gasteiger partial charge in [0.1, 0.15) is 4.90 Å². The van der Waals surface area contributed by atoms with Crippen molar-refractivity contribution >= 4 is 31.5 Å². The third-order valence-corrected chi connectivity index (χ3v) is 3.57. The second-order valence-corrected chi connectivity index (χ2v) is 6.39. The number of nitrogens with two attached hydrogens (primary N) is 1. The maximum absolute atomic E-state index is 11.3. The first-order chi connectivity index (χ1) is 7.88. The molecule has 0 saturated carbocycles. The van der Waals surface area contributed by atoms with Gasteiger partial charge >= 0.3 is 0 Å². The van der Waals surface area contributed by atoms with Gasteiger partial charge in [-0.2, -0.15) is 5.10 Å². The highest BCUT2D eigenvalue weighted by Gasteiger charge is 2.12. The zero-order valence-electron chi connectivity index (χ0n) is 8.83. The van der Waals surface area contributed by atoms with Gasteiger partial charge in [-0.25, -0.2) is 18.1 Å². The highest BCUT2D eigenvalue weighted by atomic mass is 79.9. The maximum atomic E-state index is 11.3. The van der Waals surface area contributed by atoms with E-state index < -0.39 is 9.84 Å². The Kier molecular flexibility index (Phi) is 2.92. The summed E-state index contributed by atoms with van der Waals surface area (Å²) in [6.07, 6.45) is 5.32. The van der Waals surface area contributed by atoms with Crippen molar-refractivity contribution in [2.75, 3.05) is 12.0 Å². The summed E-state index contributed by atoms with van der Waals surface area (Å²) < 4.78 is 24.7. The number of nitrogens with zero attached hydrogens (tertiary/aromatic N) is 3. The molecule has 0 aliphatic rings. The molecule has 0 aliphatic carbocycles. The van der Waals surface area contributed by atoms with Crippen LogP contribution in [0.15, 0.2) is 34.0 Å². The summed E-state index contributed by atoms with van der Waals surface area (Å²) in [6.45, 7) is 0. The molecule has 2 aromatic rings. The predicted molar refractivity (Wildman–Crippen MR) is 66.6 cm³/mol. The Morgan fingerprint density at radius 1 is 1.41 bits per heavy atom. The molecule has 2 N–H and O–H groups in total. The van der Waals surface area contributed by atoms with Gasteiger partial charge in [-0.15, -0.1) is 0 Å². The van der Waals surface area contributed by atoms with Gasteiger partial charge in [0, 0.05) is 16.9 Å². The van der Waals surface area contributed by atoms with Crippen LogP contribution in [0.25, 0.3) is 5.82 Å². The number of sulfone groups is 1. The number of halogens is 1. The zero-order valence-corrected chi connectivity index (χ0v) is 11.2. The van der Waals surface area contributed by atoms with E-state index >= 15 is 0 Å². The zero-order chi connectivity index (χ0) is 12.6. The molecule has 0 unspecified atom stereocenters. The van der Waals surface area contributed by atoms with Crippen molar-refractivity contribution in [3.63, 3.8) is 0 Å². The predicted octanol–water partition coefficient (Wildman–Crippen LogP) is 1.02.